The van der Waals surface area contributed by atoms with Gasteiger partial charge >= 0.3 is 12.1 Å². The van der Waals surface area contributed by atoms with Crippen LogP contribution in [0.4, 0.5) is 22.0 Å². The van der Waals surface area contributed by atoms with E-state index in [9.17, 15) is 49.5 Å². The highest BCUT2D eigenvalue weighted by atomic mass is 32.2. The fourth-order valence-corrected chi connectivity index (χ4v) is 9.79. The van der Waals surface area contributed by atoms with Gasteiger partial charge in [-0.2, -0.15) is 13.2 Å². The molecule has 2 aliphatic carbocycles. The van der Waals surface area contributed by atoms with Gasteiger partial charge in [0.25, 0.3) is 0 Å². The molecule has 1 N–H and O–H groups in total. The number of fused-ring (bicyclic) bond motifs is 3. The number of nitrogens with zero attached hydrogens (tertiary/aromatic N) is 2. The number of carbonyl (C=O) groups excluding carboxylic acids is 4. The summed E-state index contributed by atoms with van der Waals surface area (Å²) in [7, 11) is -3.03. The number of allylic oxidation sites excluding steroid dienone is 2. The molecule has 4 aliphatic rings. The van der Waals surface area contributed by atoms with Crippen LogP contribution in [-0.2, 0) is 33.9 Å². The molecular formula is C41H50F5N3O9S. The zero-order chi connectivity index (χ0) is 43.3. The van der Waals surface area contributed by atoms with Crippen LogP contribution in [0.2, 0.25) is 0 Å². The largest absolute Gasteiger partial charge is 0.497 e. The average molecular weight is 856 g/mol. The van der Waals surface area contributed by atoms with E-state index < -0.39 is 111 Å². The van der Waals surface area contributed by atoms with Crippen LogP contribution in [0.25, 0.3) is 10.8 Å². The van der Waals surface area contributed by atoms with E-state index in [4.69, 9.17) is 14.2 Å². The Morgan fingerprint density at radius 3 is 2.44 bits per heavy atom. The van der Waals surface area contributed by atoms with Gasteiger partial charge in [0.05, 0.1) is 43.6 Å². The summed E-state index contributed by atoms with van der Waals surface area (Å²) in [5, 5.41) is 0.378. The molecule has 324 valence electrons. The van der Waals surface area contributed by atoms with Gasteiger partial charge in [-0.05, 0) is 88.3 Å². The van der Waals surface area contributed by atoms with Gasteiger partial charge in [-0.15, -0.1) is 0 Å². The minimum atomic E-state index is -4.91. The number of amides is 2. The number of halogens is 5. The van der Waals surface area contributed by atoms with E-state index in [1.807, 2.05) is 13.0 Å². The van der Waals surface area contributed by atoms with Crippen molar-refractivity contribution in [3.63, 3.8) is 0 Å². The van der Waals surface area contributed by atoms with Crippen LogP contribution in [0.1, 0.15) is 85.5 Å². The Labute approximate surface area is 339 Å². The molecule has 1 aromatic heterocycles. The molecule has 1 saturated heterocycles. The van der Waals surface area contributed by atoms with Gasteiger partial charge in [0.2, 0.25) is 33.3 Å². The predicted molar refractivity (Wildman–Crippen MR) is 204 cm³/mol. The second kappa shape index (κ2) is 16.3. The third-order valence-corrected chi connectivity index (χ3v) is 14.7. The maximum atomic E-state index is 14.9. The van der Waals surface area contributed by atoms with Crippen molar-refractivity contribution in [1.29, 1.82) is 0 Å². The van der Waals surface area contributed by atoms with Crippen molar-refractivity contribution in [2.24, 2.45) is 29.1 Å². The molecule has 2 aliphatic heterocycles. The fraction of sp³-hybridized carbons (Fsp3) is 0.634. The molecule has 2 saturated carbocycles. The molecule has 0 bridgehead atoms. The smallest absolute Gasteiger partial charge is 0.427 e. The molecule has 6 rings (SSSR count). The lowest BCUT2D eigenvalue weighted by Gasteiger charge is -2.33. The van der Waals surface area contributed by atoms with Crippen molar-refractivity contribution in [1.82, 2.24) is 14.6 Å². The molecule has 7 atom stereocenters. The molecule has 3 fully saturated rings. The van der Waals surface area contributed by atoms with Gasteiger partial charge in [-0.25, -0.2) is 22.2 Å². The van der Waals surface area contributed by atoms with E-state index in [1.54, 1.807) is 19.1 Å². The number of rotatable bonds is 10. The van der Waals surface area contributed by atoms with Crippen LogP contribution >= 0.6 is 0 Å². The lowest BCUT2D eigenvalue weighted by molar-refractivity contribution is -0.257. The second-order valence-electron chi connectivity index (χ2n) is 17.3. The fourth-order valence-electron chi connectivity index (χ4n) is 8.34. The quantitative estimate of drug-likeness (QED) is 0.158. The summed E-state index contributed by atoms with van der Waals surface area (Å²) in [6.07, 6.45) is -1.05. The summed E-state index contributed by atoms with van der Waals surface area (Å²) in [4.78, 5) is 61.9. The Morgan fingerprint density at radius 2 is 1.80 bits per heavy atom. The molecule has 59 heavy (non-hydrogen) atoms. The number of nitrogens with one attached hydrogen (secondary N) is 1. The zero-order valence-electron chi connectivity index (χ0n) is 33.6. The molecule has 2 amide bonds. The number of alkyl halides is 4. The number of Topliss-reactive ketones (excluding diaryl/α,β-unsaturated/α-hetero) is 1. The van der Waals surface area contributed by atoms with E-state index >= 15 is 0 Å². The van der Waals surface area contributed by atoms with Crippen LogP contribution in [0, 0.1) is 34.9 Å². The van der Waals surface area contributed by atoms with Crippen LogP contribution in [0.15, 0.2) is 36.5 Å². The Balaban J connectivity index is 1.36. The number of ether oxygens (including phenoxy) is 3. The van der Waals surface area contributed by atoms with Crippen molar-refractivity contribution in [3.8, 4) is 11.6 Å². The molecule has 0 radical (unpaired) electrons. The molecular weight excluding hydrogens is 806 g/mol. The highest BCUT2D eigenvalue weighted by Crippen LogP contribution is 2.58. The number of sulfonamides is 1. The number of esters is 1. The lowest BCUT2D eigenvalue weighted by atomic mass is 9.82. The normalized spacial score (nSPS) is 29.4. The summed E-state index contributed by atoms with van der Waals surface area (Å²) in [5.41, 5.74) is -4.40. The van der Waals surface area contributed by atoms with Gasteiger partial charge in [-0.3, -0.25) is 23.9 Å². The second-order valence-corrected chi connectivity index (χ2v) is 19.4. The van der Waals surface area contributed by atoms with Crippen molar-refractivity contribution >= 4 is 44.4 Å². The summed E-state index contributed by atoms with van der Waals surface area (Å²) >= 11 is 0. The monoisotopic (exact) mass is 855 g/mol. The Hall–Kier alpha value is -4.35. The van der Waals surface area contributed by atoms with Gasteiger partial charge in [0.1, 0.15) is 29.1 Å². The summed E-state index contributed by atoms with van der Waals surface area (Å²) in [5.74, 6) is -6.33. The number of methoxy groups -OCH3 is 1. The number of ketones is 1. The predicted octanol–water partition coefficient (Wildman–Crippen LogP) is 6.55. The summed E-state index contributed by atoms with van der Waals surface area (Å²) < 4.78 is 113. The standard InChI is InChI=1S/C41H50F5N3O9S/c1-23-8-6-7-9-25-18-40(25,37(53)48-59(54,55)39(22-42)12-13-39)19-33(50)32-16-27(57-35-28-11-10-26(56-5)15-30(28)31(43)20-47-35)21-49(32)36(52)29(24(2)14-23)17-34(51)58-38(3,4)41(44,45)46/h7,9-11,15,20,23-25,27,29,32H,6,8,12-14,16-19,21-22H2,1-5H3,(H,48,53)/b9-7-/t23-,24-,25-,27-,29+,32+,40-/m1/s1. The molecule has 1 aromatic carbocycles. The third kappa shape index (κ3) is 8.92. The molecule has 18 heteroatoms. The van der Waals surface area contributed by atoms with Gasteiger partial charge < -0.3 is 19.1 Å². The zero-order valence-corrected chi connectivity index (χ0v) is 34.4. The van der Waals surface area contributed by atoms with Crippen LogP contribution in [0.3, 0.4) is 0 Å². The van der Waals surface area contributed by atoms with Gasteiger partial charge in [0.15, 0.2) is 5.78 Å². The average Bonchev–Trinajstić information content (AvgIpc) is 4.07. The van der Waals surface area contributed by atoms with Crippen molar-refractivity contribution < 1.29 is 63.8 Å². The number of pyridine rings is 1. The highest BCUT2D eigenvalue weighted by Gasteiger charge is 2.63. The molecule has 2 aromatic rings. The number of carbonyl (C=O) groups is 4. The summed E-state index contributed by atoms with van der Waals surface area (Å²) in [6.45, 7) is 3.59. The van der Waals surface area contributed by atoms with Gasteiger partial charge in [0, 0.05) is 23.6 Å². The minimum absolute atomic E-state index is 0.0243. The third-order valence-electron chi connectivity index (χ3n) is 12.5. The number of benzene rings is 1. The first kappa shape index (κ1) is 44.2. The van der Waals surface area contributed by atoms with E-state index in [0.717, 1.165) is 6.20 Å². The van der Waals surface area contributed by atoms with Crippen LogP contribution < -0.4 is 14.2 Å². The first-order chi connectivity index (χ1) is 27.6. The molecule has 0 spiro atoms. The number of hydrogen-bond donors (Lipinski definition) is 1. The Bertz CT molecular complexity index is 2130. The lowest BCUT2D eigenvalue weighted by Crippen LogP contribution is -2.49. The Kier molecular flexibility index (Phi) is 12.2. The van der Waals surface area contributed by atoms with Crippen molar-refractivity contribution in [2.45, 2.75) is 114 Å². The van der Waals surface area contributed by atoms with Crippen LogP contribution in [0.5, 0.6) is 11.6 Å². The van der Waals surface area contributed by atoms with E-state index in [2.05, 4.69) is 9.71 Å². The van der Waals surface area contributed by atoms with E-state index in [-0.39, 0.29) is 54.8 Å². The van der Waals surface area contributed by atoms with Gasteiger partial charge in [-0.1, -0.05) is 26.0 Å². The SMILES string of the molecule is COc1ccc2c(O[C@@H]3C[C@H]4C(=O)C[C@]5(C(=O)NS(=O)(=O)C6(CF)CC6)C[C@H]5/C=C\CC[C@@H](C)C[C@@H](C)[C@H](CC(=O)OC(C)(C)C(F)(F)F)C(=O)N4C3)ncc(F)c2c1. The molecule has 0 unspecified atom stereocenters. The number of hydrogen-bond acceptors (Lipinski definition) is 10. The Morgan fingerprint density at radius 1 is 1.08 bits per heavy atom. The van der Waals surface area contributed by atoms with E-state index in [0.29, 0.717) is 38.9 Å². The van der Waals surface area contributed by atoms with Crippen LogP contribution in [-0.4, -0.2) is 90.9 Å². The maximum Gasteiger partial charge on any atom is 0.427 e. The minimum Gasteiger partial charge on any atom is -0.497 e. The van der Waals surface area contributed by atoms with Crippen molar-refractivity contribution in [3.05, 3.63) is 42.4 Å². The summed E-state index contributed by atoms with van der Waals surface area (Å²) in [6, 6.07) is 3.24. The number of aromatic nitrogens is 1. The first-order valence-corrected chi connectivity index (χ1v) is 21.3. The topological polar surface area (TPSA) is 158 Å². The highest BCUT2D eigenvalue weighted by molar-refractivity contribution is 7.91. The molecule has 12 nitrogen and oxygen atoms in total. The van der Waals surface area contributed by atoms with Crippen molar-refractivity contribution in [2.75, 3.05) is 20.3 Å². The first-order valence-electron chi connectivity index (χ1n) is 19.8. The maximum absolute atomic E-state index is 14.9. The van der Waals surface area contributed by atoms with E-state index in [1.165, 1.54) is 24.1 Å². The molecule has 3 heterocycles.